The summed E-state index contributed by atoms with van der Waals surface area (Å²) >= 11 is 14.8. The van der Waals surface area contributed by atoms with Crippen LogP contribution in [0.15, 0.2) is 16.0 Å². The number of thiazole rings is 1. The van der Waals surface area contributed by atoms with Crippen LogP contribution < -0.4 is 0 Å². The number of likely N-dealkylation sites (tertiary alicyclic amines) is 1. The van der Waals surface area contributed by atoms with E-state index in [1.54, 1.807) is 6.07 Å². The van der Waals surface area contributed by atoms with E-state index in [2.05, 4.69) is 14.9 Å². The van der Waals surface area contributed by atoms with Crippen LogP contribution in [0.4, 0.5) is 5.13 Å². The summed E-state index contributed by atoms with van der Waals surface area (Å²) in [5, 5.41) is 12.5. The number of rotatable bonds is 2. The molecule has 0 amide bonds. The molecule has 1 saturated heterocycles. The fraction of sp³-hybridized carbons (Fsp3) is 0.308. The van der Waals surface area contributed by atoms with E-state index in [0.717, 1.165) is 41.7 Å². The summed E-state index contributed by atoms with van der Waals surface area (Å²) in [4.78, 5) is 12.0. The van der Waals surface area contributed by atoms with Gasteiger partial charge in [-0.25, -0.2) is 9.98 Å². The second kappa shape index (κ2) is 6.01. The minimum Gasteiger partial charge on any atom is -0.363 e. The van der Waals surface area contributed by atoms with Crippen molar-refractivity contribution < 1.29 is 0 Å². The molecule has 1 aromatic heterocycles. The van der Waals surface area contributed by atoms with E-state index in [0.29, 0.717) is 25.6 Å². The van der Waals surface area contributed by atoms with Crippen LogP contribution in [0.3, 0.4) is 0 Å². The first-order valence-electron chi connectivity index (χ1n) is 6.23. The van der Waals surface area contributed by atoms with Gasteiger partial charge in [0.05, 0.1) is 25.2 Å². The largest absolute Gasteiger partial charge is 0.363 e. The molecule has 0 radical (unpaired) electrons. The van der Waals surface area contributed by atoms with Gasteiger partial charge in [0.15, 0.2) is 0 Å². The molecule has 2 heterocycles. The Bertz CT molecular complexity index is 779. The molecule has 0 unspecified atom stereocenters. The molecular weight excluding hydrogens is 347 g/mol. The maximum absolute atomic E-state index is 8.89. The standard InChI is InChI=1S/C13H10Cl2N4S2/c1-19-4-2-3-9(19)17-13-18-11-8(20-6-16)5-7(14)10(15)12(11)21-13/h5H,2-4H2,1H3. The van der Waals surface area contributed by atoms with E-state index >= 15 is 0 Å². The van der Waals surface area contributed by atoms with Crippen LogP contribution in [0, 0.1) is 10.7 Å². The van der Waals surface area contributed by atoms with Crippen LogP contribution in [0.1, 0.15) is 12.8 Å². The highest BCUT2D eigenvalue weighted by Crippen LogP contribution is 2.42. The number of fused-ring (bicyclic) bond motifs is 1. The highest BCUT2D eigenvalue weighted by atomic mass is 35.5. The lowest BCUT2D eigenvalue weighted by Crippen LogP contribution is -2.18. The van der Waals surface area contributed by atoms with E-state index in [4.69, 9.17) is 28.5 Å². The lowest BCUT2D eigenvalue weighted by molar-refractivity contribution is 0.550. The zero-order chi connectivity index (χ0) is 15.0. The summed E-state index contributed by atoms with van der Waals surface area (Å²) in [6.07, 6.45) is 2.07. The fourth-order valence-corrected chi connectivity index (χ4v) is 4.29. The Hall–Kier alpha value is -1.000. The molecule has 0 spiro atoms. The molecule has 108 valence electrons. The lowest BCUT2D eigenvalue weighted by atomic mass is 10.3. The first-order chi connectivity index (χ1) is 10.1. The highest BCUT2D eigenvalue weighted by molar-refractivity contribution is 8.04. The van der Waals surface area contributed by atoms with Crippen LogP contribution in [0.5, 0.6) is 0 Å². The van der Waals surface area contributed by atoms with Gasteiger partial charge in [0.1, 0.15) is 11.2 Å². The van der Waals surface area contributed by atoms with Gasteiger partial charge in [0, 0.05) is 20.0 Å². The average Bonchev–Trinajstić information content (AvgIpc) is 3.04. The van der Waals surface area contributed by atoms with Gasteiger partial charge < -0.3 is 4.90 Å². The molecule has 8 heteroatoms. The number of hydrogen-bond acceptors (Lipinski definition) is 5. The van der Waals surface area contributed by atoms with Gasteiger partial charge in [-0.15, -0.1) is 0 Å². The lowest BCUT2D eigenvalue weighted by Gasteiger charge is -2.09. The number of nitriles is 1. The Balaban J connectivity index is 2.13. The average molecular weight is 357 g/mol. The van der Waals surface area contributed by atoms with Crippen molar-refractivity contribution in [2.24, 2.45) is 4.99 Å². The number of nitrogens with zero attached hydrogens (tertiary/aromatic N) is 4. The molecule has 2 aromatic rings. The van der Waals surface area contributed by atoms with Gasteiger partial charge in [0.2, 0.25) is 5.13 Å². The first kappa shape index (κ1) is 14.9. The SMILES string of the molecule is CN1CCCC1=Nc1nc2c(SC#N)cc(Cl)c(Cl)c2s1. The van der Waals surface area contributed by atoms with Crippen LogP contribution in [-0.4, -0.2) is 29.3 Å². The number of aliphatic imine (C=N–C) groups is 1. The number of thioether (sulfide) groups is 1. The van der Waals surface area contributed by atoms with E-state index in [-0.39, 0.29) is 0 Å². The smallest absolute Gasteiger partial charge is 0.212 e. The predicted octanol–water partition coefficient (Wildman–Crippen LogP) is 4.93. The molecule has 21 heavy (non-hydrogen) atoms. The number of amidine groups is 1. The summed E-state index contributed by atoms with van der Waals surface area (Å²) in [6.45, 7) is 1.02. The molecule has 0 bridgehead atoms. The second-order valence-corrected chi connectivity index (χ2v) is 7.18. The van der Waals surface area contributed by atoms with Crippen LogP contribution in [-0.2, 0) is 0 Å². The Morgan fingerprint density at radius 3 is 3.00 bits per heavy atom. The van der Waals surface area contributed by atoms with Crippen molar-refractivity contribution in [1.29, 1.82) is 5.26 Å². The molecule has 0 atom stereocenters. The number of aromatic nitrogens is 1. The van der Waals surface area contributed by atoms with Gasteiger partial charge in [-0.1, -0.05) is 34.5 Å². The van der Waals surface area contributed by atoms with Crippen molar-refractivity contribution in [3.63, 3.8) is 0 Å². The van der Waals surface area contributed by atoms with Crippen molar-refractivity contribution in [3.05, 3.63) is 16.1 Å². The van der Waals surface area contributed by atoms with Crippen LogP contribution in [0.2, 0.25) is 10.0 Å². The normalized spacial score (nSPS) is 16.9. The number of hydrogen-bond donors (Lipinski definition) is 0. The van der Waals surface area contributed by atoms with E-state index in [1.807, 2.05) is 12.4 Å². The van der Waals surface area contributed by atoms with E-state index in [9.17, 15) is 0 Å². The van der Waals surface area contributed by atoms with Crippen molar-refractivity contribution >= 4 is 67.5 Å². The van der Waals surface area contributed by atoms with Gasteiger partial charge in [0.25, 0.3) is 0 Å². The summed E-state index contributed by atoms with van der Waals surface area (Å²) in [6, 6.07) is 1.68. The third-order valence-corrected chi connectivity index (χ3v) is 5.72. The Labute approximate surface area is 140 Å². The molecule has 1 aliphatic heterocycles. The topological polar surface area (TPSA) is 52.3 Å². The van der Waals surface area contributed by atoms with Crippen molar-refractivity contribution in [1.82, 2.24) is 9.88 Å². The van der Waals surface area contributed by atoms with Crippen molar-refractivity contribution in [3.8, 4) is 5.40 Å². The number of benzene rings is 1. The predicted molar refractivity (Wildman–Crippen MR) is 90.1 cm³/mol. The minimum atomic E-state index is 0.433. The zero-order valence-corrected chi connectivity index (χ0v) is 14.2. The second-order valence-electron chi connectivity index (χ2n) is 4.59. The van der Waals surface area contributed by atoms with E-state index < -0.39 is 0 Å². The van der Waals surface area contributed by atoms with Gasteiger partial charge in [-0.05, 0) is 24.2 Å². The zero-order valence-electron chi connectivity index (χ0n) is 11.1. The monoisotopic (exact) mass is 356 g/mol. The summed E-state index contributed by atoms with van der Waals surface area (Å²) in [7, 11) is 2.03. The molecule has 1 aliphatic rings. The van der Waals surface area contributed by atoms with Crippen LogP contribution >= 0.6 is 46.3 Å². The summed E-state index contributed by atoms with van der Waals surface area (Å²) in [5.74, 6) is 1.03. The third-order valence-electron chi connectivity index (χ3n) is 3.23. The Morgan fingerprint density at radius 1 is 1.52 bits per heavy atom. The highest BCUT2D eigenvalue weighted by Gasteiger charge is 2.18. The molecule has 1 fully saturated rings. The number of thiocyanates is 1. The van der Waals surface area contributed by atoms with Gasteiger partial charge in [-0.3, -0.25) is 0 Å². The fourth-order valence-electron chi connectivity index (χ4n) is 2.20. The molecule has 4 nitrogen and oxygen atoms in total. The minimum absolute atomic E-state index is 0.433. The molecule has 1 aromatic carbocycles. The number of halogens is 2. The van der Waals surface area contributed by atoms with Gasteiger partial charge in [-0.2, -0.15) is 5.26 Å². The molecule has 0 aliphatic carbocycles. The molecule has 3 rings (SSSR count). The maximum Gasteiger partial charge on any atom is 0.212 e. The van der Waals surface area contributed by atoms with Crippen molar-refractivity contribution in [2.45, 2.75) is 17.7 Å². The van der Waals surface area contributed by atoms with Gasteiger partial charge >= 0.3 is 0 Å². The van der Waals surface area contributed by atoms with Crippen LogP contribution in [0.25, 0.3) is 10.2 Å². The molecule has 0 saturated carbocycles. The molecular formula is C13H10Cl2N4S2. The Morgan fingerprint density at radius 2 is 2.33 bits per heavy atom. The summed E-state index contributed by atoms with van der Waals surface area (Å²) < 4.78 is 0.780. The maximum atomic E-state index is 8.89. The Kier molecular flexibility index (Phi) is 4.27. The first-order valence-corrected chi connectivity index (χ1v) is 8.62. The summed E-state index contributed by atoms with van der Waals surface area (Å²) in [5.41, 5.74) is 0.695. The van der Waals surface area contributed by atoms with E-state index in [1.165, 1.54) is 11.3 Å². The van der Waals surface area contributed by atoms with Crippen molar-refractivity contribution in [2.75, 3.05) is 13.6 Å². The third kappa shape index (κ3) is 2.84. The molecule has 0 N–H and O–H groups in total. The quantitative estimate of drug-likeness (QED) is 0.565.